The van der Waals surface area contributed by atoms with Gasteiger partial charge in [-0.2, -0.15) is 0 Å². The Morgan fingerprint density at radius 3 is 2.88 bits per heavy atom. The van der Waals surface area contributed by atoms with E-state index in [9.17, 15) is 0 Å². The molecule has 2 unspecified atom stereocenters. The molecule has 4 heteroatoms. The van der Waals surface area contributed by atoms with E-state index in [0.29, 0.717) is 18.0 Å². The van der Waals surface area contributed by atoms with Gasteiger partial charge in [-0.1, -0.05) is 13.8 Å². The first-order valence-corrected chi connectivity index (χ1v) is 6.80. The zero-order valence-electron chi connectivity index (χ0n) is 11.5. The largest absolute Gasteiger partial charge is 0.380 e. The maximum Gasteiger partial charge on any atom is 0.0620 e. The Morgan fingerprint density at radius 1 is 1.41 bits per heavy atom. The van der Waals surface area contributed by atoms with Crippen LogP contribution < -0.4 is 10.6 Å². The molecule has 17 heavy (non-hydrogen) atoms. The number of hydrogen-bond donors (Lipinski definition) is 2. The van der Waals surface area contributed by atoms with Gasteiger partial charge in [-0.15, -0.1) is 0 Å². The highest BCUT2D eigenvalue weighted by molar-refractivity contribution is 4.75. The summed E-state index contributed by atoms with van der Waals surface area (Å²) in [6, 6.07) is 1.01. The van der Waals surface area contributed by atoms with Crippen molar-refractivity contribution in [2.75, 3.05) is 39.5 Å². The van der Waals surface area contributed by atoms with E-state index < -0.39 is 0 Å². The van der Waals surface area contributed by atoms with E-state index in [1.807, 2.05) is 0 Å². The predicted molar refractivity (Wildman–Crippen MR) is 70.3 cm³/mol. The fourth-order valence-electron chi connectivity index (χ4n) is 1.98. The second kappa shape index (κ2) is 8.86. The van der Waals surface area contributed by atoms with Gasteiger partial charge in [0.2, 0.25) is 0 Å². The number of hydrogen-bond acceptors (Lipinski definition) is 4. The first-order chi connectivity index (χ1) is 8.18. The quantitative estimate of drug-likeness (QED) is 0.626. The fraction of sp³-hybridized carbons (Fsp3) is 1.00. The monoisotopic (exact) mass is 244 g/mol. The summed E-state index contributed by atoms with van der Waals surface area (Å²) in [5.74, 6) is 0.621. The molecular weight excluding hydrogens is 216 g/mol. The molecule has 0 bridgehead atoms. The highest BCUT2D eigenvalue weighted by atomic mass is 16.5. The Kier molecular flexibility index (Phi) is 7.77. The number of ether oxygens (including phenoxy) is 2. The van der Waals surface area contributed by atoms with Crippen molar-refractivity contribution in [1.82, 2.24) is 10.6 Å². The van der Waals surface area contributed by atoms with E-state index in [1.54, 1.807) is 0 Å². The minimum atomic E-state index is 0.503. The summed E-state index contributed by atoms with van der Waals surface area (Å²) < 4.78 is 11.0. The molecule has 1 fully saturated rings. The lowest BCUT2D eigenvalue weighted by atomic mass is 10.1. The Labute approximate surface area is 105 Å². The molecule has 2 N–H and O–H groups in total. The van der Waals surface area contributed by atoms with Gasteiger partial charge < -0.3 is 20.1 Å². The molecule has 0 spiro atoms. The minimum Gasteiger partial charge on any atom is -0.380 e. The van der Waals surface area contributed by atoms with Gasteiger partial charge >= 0.3 is 0 Å². The van der Waals surface area contributed by atoms with E-state index in [-0.39, 0.29) is 0 Å². The van der Waals surface area contributed by atoms with Crippen LogP contribution in [0, 0.1) is 5.92 Å². The zero-order chi connectivity index (χ0) is 12.5. The van der Waals surface area contributed by atoms with Crippen LogP contribution in [0.3, 0.4) is 0 Å². The molecular formula is C13H28N2O2. The van der Waals surface area contributed by atoms with Gasteiger partial charge in [-0.3, -0.25) is 0 Å². The second-order valence-corrected chi connectivity index (χ2v) is 5.29. The van der Waals surface area contributed by atoms with E-state index >= 15 is 0 Å². The average molecular weight is 244 g/mol. The predicted octanol–water partition coefficient (Wildman–Crippen LogP) is 1.02. The van der Waals surface area contributed by atoms with Crippen LogP contribution in [0.4, 0.5) is 0 Å². The SMILES string of the molecule is CC(C)COCCNC(C)CC1COCCN1. The van der Waals surface area contributed by atoms with Gasteiger partial charge in [-0.05, 0) is 19.3 Å². The van der Waals surface area contributed by atoms with E-state index in [4.69, 9.17) is 9.47 Å². The van der Waals surface area contributed by atoms with Crippen LogP contribution in [-0.4, -0.2) is 51.6 Å². The molecule has 0 saturated carbocycles. The molecule has 0 aromatic heterocycles. The standard InChI is InChI=1S/C13H28N2O2/c1-11(2)9-16-6-4-14-12(3)8-13-10-17-7-5-15-13/h11-15H,4-10H2,1-3H3. The lowest BCUT2D eigenvalue weighted by molar-refractivity contribution is 0.0701. The molecule has 4 nitrogen and oxygen atoms in total. The van der Waals surface area contributed by atoms with Crippen LogP contribution in [0.5, 0.6) is 0 Å². The Morgan fingerprint density at radius 2 is 2.24 bits per heavy atom. The topological polar surface area (TPSA) is 42.5 Å². The average Bonchev–Trinajstić information content (AvgIpc) is 2.29. The van der Waals surface area contributed by atoms with Gasteiger partial charge in [0, 0.05) is 31.8 Å². The van der Waals surface area contributed by atoms with Crippen molar-refractivity contribution in [3.05, 3.63) is 0 Å². The van der Waals surface area contributed by atoms with Crippen molar-refractivity contribution >= 4 is 0 Å². The lowest BCUT2D eigenvalue weighted by Crippen LogP contribution is -2.45. The summed E-state index contributed by atoms with van der Waals surface area (Å²) >= 11 is 0. The summed E-state index contributed by atoms with van der Waals surface area (Å²) in [5, 5.41) is 6.95. The van der Waals surface area contributed by atoms with Crippen molar-refractivity contribution in [2.24, 2.45) is 5.92 Å². The van der Waals surface area contributed by atoms with E-state index in [2.05, 4.69) is 31.4 Å². The fourth-order valence-corrected chi connectivity index (χ4v) is 1.98. The Hall–Kier alpha value is -0.160. The lowest BCUT2D eigenvalue weighted by Gasteiger charge is -2.26. The van der Waals surface area contributed by atoms with Gasteiger partial charge in [0.25, 0.3) is 0 Å². The molecule has 1 saturated heterocycles. The van der Waals surface area contributed by atoms with Crippen LogP contribution in [0.25, 0.3) is 0 Å². The second-order valence-electron chi connectivity index (χ2n) is 5.29. The summed E-state index contributed by atoms with van der Waals surface area (Å²) in [4.78, 5) is 0. The van der Waals surface area contributed by atoms with Crippen molar-refractivity contribution < 1.29 is 9.47 Å². The van der Waals surface area contributed by atoms with Crippen LogP contribution >= 0.6 is 0 Å². The first kappa shape index (κ1) is 14.9. The molecule has 0 aromatic rings. The molecule has 0 aliphatic carbocycles. The molecule has 1 aliphatic heterocycles. The third-order valence-corrected chi connectivity index (χ3v) is 2.83. The van der Waals surface area contributed by atoms with Crippen molar-refractivity contribution in [3.63, 3.8) is 0 Å². The molecule has 2 atom stereocenters. The molecule has 1 aliphatic rings. The summed E-state index contributed by atoms with van der Waals surface area (Å²) in [5.41, 5.74) is 0. The first-order valence-electron chi connectivity index (χ1n) is 6.80. The van der Waals surface area contributed by atoms with Crippen LogP contribution in [-0.2, 0) is 9.47 Å². The summed E-state index contributed by atoms with van der Waals surface area (Å²) in [6.45, 7) is 11.8. The van der Waals surface area contributed by atoms with Crippen LogP contribution in [0.15, 0.2) is 0 Å². The van der Waals surface area contributed by atoms with E-state index in [1.165, 1.54) is 0 Å². The smallest absolute Gasteiger partial charge is 0.0620 e. The normalized spacial score (nSPS) is 22.9. The number of rotatable bonds is 8. The highest BCUT2D eigenvalue weighted by Crippen LogP contribution is 2.02. The summed E-state index contributed by atoms with van der Waals surface area (Å²) in [7, 11) is 0. The third kappa shape index (κ3) is 7.71. The molecule has 0 radical (unpaired) electrons. The van der Waals surface area contributed by atoms with Gasteiger partial charge in [0.15, 0.2) is 0 Å². The molecule has 0 aromatic carbocycles. The third-order valence-electron chi connectivity index (χ3n) is 2.83. The molecule has 0 amide bonds. The number of morpholine rings is 1. The van der Waals surface area contributed by atoms with Crippen LogP contribution in [0.2, 0.25) is 0 Å². The highest BCUT2D eigenvalue weighted by Gasteiger charge is 2.15. The maximum absolute atomic E-state index is 5.53. The minimum absolute atomic E-state index is 0.503. The zero-order valence-corrected chi connectivity index (χ0v) is 11.5. The summed E-state index contributed by atoms with van der Waals surface area (Å²) in [6.07, 6.45) is 1.12. The van der Waals surface area contributed by atoms with Gasteiger partial charge in [-0.25, -0.2) is 0 Å². The molecule has 1 rings (SSSR count). The molecule has 1 heterocycles. The Bertz CT molecular complexity index is 182. The van der Waals surface area contributed by atoms with E-state index in [0.717, 1.165) is 45.9 Å². The number of nitrogens with one attached hydrogen (secondary N) is 2. The van der Waals surface area contributed by atoms with Crippen molar-refractivity contribution in [1.29, 1.82) is 0 Å². The maximum atomic E-state index is 5.53. The molecule has 102 valence electrons. The Balaban J connectivity index is 1.95. The van der Waals surface area contributed by atoms with Gasteiger partial charge in [0.1, 0.15) is 0 Å². The van der Waals surface area contributed by atoms with Crippen LogP contribution in [0.1, 0.15) is 27.2 Å². The van der Waals surface area contributed by atoms with Crippen molar-refractivity contribution in [3.8, 4) is 0 Å². The van der Waals surface area contributed by atoms with Crippen molar-refractivity contribution in [2.45, 2.75) is 39.3 Å². The van der Waals surface area contributed by atoms with Gasteiger partial charge in [0.05, 0.1) is 19.8 Å².